The van der Waals surface area contributed by atoms with Crippen LogP contribution in [0.15, 0.2) is 66.3 Å². The first kappa shape index (κ1) is 14.8. The van der Waals surface area contributed by atoms with Crippen molar-refractivity contribution in [3.63, 3.8) is 0 Å². The van der Waals surface area contributed by atoms with E-state index in [4.69, 9.17) is 9.47 Å². The van der Waals surface area contributed by atoms with Crippen molar-refractivity contribution >= 4 is 6.21 Å². The summed E-state index contributed by atoms with van der Waals surface area (Å²) in [5.74, 6) is 1.35. The minimum Gasteiger partial charge on any atom is -0.493 e. The van der Waals surface area contributed by atoms with E-state index >= 15 is 0 Å². The molecule has 1 aromatic heterocycles. The molecule has 0 saturated heterocycles. The first-order valence-corrected chi connectivity index (χ1v) is 7.09. The van der Waals surface area contributed by atoms with Gasteiger partial charge in [0.1, 0.15) is 19.3 Å². The van der Waals surface area contributed by atoms with Crippen LogP contribution in [0.2, 0.25) is 0 Å². The molecular weight excluding hydrogens is 292 g/mol. The van der Waals surface area contributed by atoms with Crippen molar-refractivity contribution in [1.82, 2.24) is 14.9 Å². The zero-order chi connectivity index (χ0) is 15.9. The highest BCUT2D eigenvalue weighted by Gasteiger charge is 2.05. The second kappa shape index (κ2) is 7.22. The lowest BCUT2D eigenvalue weighted by atomic mass is 10.2. The Bertz CT molecular complexity index is 771. The van der Waals surface area contributed by atoms with Gasteiger partial charge in [-0.1, -0.05) is 30.3 Å². The summed E-state index contributed by atoms with van der Waals surface area (Å²) in [5.41, 5.74) is 1.99. The Hall–Kier alpha value is -3.15. The summed E-state index contributed by atoms with van der Waals surface area (Å²) in [5, 5.41) is 11.6. The van der Waals surface area contributed by atoms with E-state index in [1.165, 1.54) is 17.3 Å². The molecule has 3 aromatic rings. The molecule has 0 amide bonds. The Labute approximate surface area is 134 Å². The van der Waals surface area contributed by atoms with Crippen LogP contribution in [0, 0.1) is 0 Å². The first-order valence-electron chi connectivity index (χ1n) is 7.09. The fraction of sp³-hybridized carbons (Fsp3) is 0.118. The van der Waals surface area contributed by atoms with E-state index in [2.05, 4.69) is 15.3 Å². The SMILES string of the molecule is COc1ccc(/C=N/n2cnnc2)cc1OCc1ccccc1. The maximum atomic E-state index is 5.87. The zero-order valence-corrected chi connectivity index (χ0v) is 12.7. The molecule has 6 heteroatoms. The van der Waals surface area contributed by atoms with Crippen LogP contribution in [-0.2, 0) is 6.61 Å². The molecule has 0 N–H and O–H groups in total. The van der Waals surface area contributed by atoms with Crippen molar-refractivity contribution in [2.45, 2.75) is 6.61 Å². The van der Waals surface area contributed by atoms with Crippen LogP contribution < -0.4 is 9.47 Å². The highest BCUT2D eigenvalue weighted by atomic mass is 16.5. The van der Waals surface area contributed by atoms with Crippen LogP contribution in [0.25, 0.3) is 0 Å². The van der Waals surface area contributed by atoms with Gasteiger partial charge in [0.15, 0.2) is 11.5 Å². The average molecular weight is 308 g/mol. The van der Waals surface area contributed by atoms with E-state index in [1.807, 2.05) is 48.5 Å². The second-order valence-corrected chi connectivity index (χ2v) is 4.77. The molecule has 0 saturated carbocycles. The third-order valence-electron chi connectivity index (χ3n) is 3.17. The lowest BCUT2D eigenvalue weighted by molar-refractivity contribution is 0.284. The minimum absolute atomic E-state index is 0.475. The number of ether oxygens (including phenoxy) is 2. The van der Waals surface area contributed by atoms with E-state index in [9.17, 15) is 0 Å². The fourth-order valence-electron chi connectivity index (χ4n) is 2.01. The molecule has 0 aliphatic carbocycles. The Morgan fingerprint density at radius 1 is 1.04 bits per heavy atom. The van der Waals surface area contributed by atoms with Gasteiger partial charge in [0.05, 0.1) is 13.3 Å². The summed E-state index contributed by atoms with van der Waals surface area (Å²) in [4.78, 5) is 0. The largest absolute Gasteiger partial charge is 0.493 e. The van der Waals surface area contributed by atoms with Crippen molar-refractivity contribution in [2.75, 3.05) is 7.11 Å². The van der Waals surface area contributed by atoms with E-state index in [0.717, 1.165) is 11.1 Å². The summed E-state index contributed by atoms with van der Waals surface area (Å²) >= 11 is 0. The predicted octanol–water partition coefficient (Wildman–Crippen LogP) is 2.75. The maximum Gasteiger partial charge on any atom is 0.162 e. The molecule has 3 rings (SSSR count). The summed E-state index contributed by atoms with van der Waals surface area (Å²) in [6.07, 6.45) is 4.75. The van der Waals surface area contributed by atoms with Crippen LogP contribution >= 0.6 is 0 Å². The molecule has 0 fully saturated rings. The van der Waals surface area contributed by atoms with Gasteiger partial charge in [-0.25, -0.2) is 4.68 Å². The van der Waals surface area contributed by atoms with Crippen molar-refractivity contribution < 1.29 is 9.47 Å². The van der Waals surface area contributed by atoms with E-state index < -0.39 is 0 Å². The third kappa shape index (κ3) is 3.94. The molecule has 1 heterocycles. The summed E-state index contributed by atoms with van der Waals surface area (Å²) in [6.45, 7) is 0.475. The van der Waals surface area contributed by atoms with E-state index in [1.54, 1.807) is 13.3 Å². The van der Waals surface area contributed by atoms with Crippen LogP contribution in [0.5, 0.6) is 11.5 Å². The van der Waals surface area contributed by atoms with E-state index in [0.29, 0.717) is 18.1 Å². The number of benzene rings is 2. The number of hydrogen-bond acceptors (Lipinski definition) is 5. The number of methoxy groups -OCH3 is 1. The normalized spacial score (nSPS) is 10.8. The Morgan fingerprint density at radius 2 is 1.83 bits per heavy atom. The topological polar surface area (TPSA) is 61.5 Å². The molecule has 2 aromatic carbocycles. The lowest BCUT2D eigenvalue weighted by Crippen LogP contribution is -1.98. The van der Waals surface area contributed by atoms with Gasteiger partial charge in [-0.2, -0.15) is 5.10 Å². The van der Waals surface area contributed by atoms with Gasteiger partial charge < -0.3 is 9.47 Å². The van der Waals surface area contributed by atoms with Crippen LogP contribution in [-0.4, -0.2) is 28.2 Å². The van der Waals surface area contributed by atoms with Crippen LogP contribution in [0.4, 0.5) is 0 Å². The standard InChI is InChI=1S/C17H16N4O2/c1-22-16-8-7-15(10-20-21-12-18-19-13-21)9-17(16)23-11-14-5-3-2-4-6-14/h2-10,12-13H,11H2,1H3/b20-10+. The quantitative estimate of drug-likeness (QED) is 0.657. The number of rotatable bonds is 6. The van der Waals surface area contributed by atoms with Crippen molar-refractivity contribution in [1.29, 1.82) is 0 Å². The molecule has 0 atom stereocenters. The number of nitrogens with zero attached hydrogens (tertiary/aromatic N) is 4. The van der Waals surface area contributed by atoms with Gasteiger partial charge in [0.25, 0.3) is 0 Å². The Kier molecular flexibility index (Phi) is 4.63. The molecule has 23 heavy (non-hydrogen) atoms. The van der Waals surface area contributed by atoms with Gasteiger partial charge in [-0.15, -0.1) is 10.2 Å². The van der Waals surface area contributed by atoms with Crippen molar-refractivity contribution in [3.8, 4) is 11.5 Å². The smallest absolute Gasteiger partial charge is 0.162 e. The zero-order valence-electron chi connectivity index (χ0n) is 12.7. The number of aromatic nitrogens is 3. The van der Waals surface area contributed by atoms with Crippen LogP contribution in [0.3, 0.4) is 0 Å². The molecule has 0 spiro atoms. The third-order valence-corrected chi connectivity index (χ3v) is 3.17. The Balaban J connectivity index is 1.76. The summed E-state index contributed by atoms with van der Waals surface area (Å²) in [7, 11) is 1.62. The highest BCUT2D eigenvalue weighted by molar-refractivity contribution is 5.80. The molecule has 0 radical (unpaired) electrons. The lowest BCUT2D eigenvalue weighted by Gasteiger charge is -2.11. The van der Waals surface area contributed by atoms with Gasteiger partial charge in [0, 0.05) is 0 Å². The van der Waals surface area contributed by atoms with Gasteiger partial charge in [0.2, 0.25) is 0 Å². The van der Waals surface area contributed by atoms with Crippen molar-refractivity contribution in [2.24, 2.45) is 5.10 Å². The molecule has 0 bridgehead atoms. The molecule has 116 valence electrons. The average Bonchev–Trinajstić information content (AvgIpc) is 3.12. The molecular formula is C17H16N4O2. The molecule has 0 unspecified atom stereocenters. The molecule has 0 aliphatic rings. The monoisotopic (exact) mass is 308 g/mol. The minimum atomic E-state index is 0.475. The molecule has 6 nitrogen and oxygen atoms in total. The van der Waals surface area contributed by atoms with Crippen molar-refractivity contribution in [3.05, 3.63) is 72.3 Å². The molecule has 0 aliphatic heterocycles. The van der Waals surface area contributed by atoms with Crippen LogP contribution in [0.1, 0.15) is 11.1 Å². The van der Waals surface area contributed by atoms with E-state index in [-0.39, 0.29) is 0 Å². The van der Waals surface area contributed by atoms with Gasteiger partial charge in [-0.3, -0.25) is 0 Å². The second-order valence-electron chi connectivity index (χ2n) is 4.77. The summed E-state index contributed by atoms with van der Waals surface area (Å²) < 4.78 is 12.7. The predicted molar refractivity (Wildman–Crippen MR) is 86.8 cm³/mol. The number of hydrogen-bond donors (Lipinski definition) is 0. The highest BCUT2D eigenvalue weighted by Crippen LogP contribution is 2.28. The fourth-order valence-corrected chi connectivity index (χ4v) is 2.01. The summed E-state index contributed by atoms with van der Waals surface area (Å²) in [6, 6.07) is 15.6. The van der Waals surface area contributed by atoms with Gasteiger partial charge in [-0.05, 0) is 29.3 Å². The Morgan fingerprint density at radius 3 is 2.57 bits per heavy atom. The first-order chi connectivity index (χ1) is 11.3. The van der Waals surface area contributed by atoms with Gasteiger partial charge >= 0.3 is 0 Å². The maximum absolute atomic E-state index is 5.87.